The topological polar surface area (TPSA) is 17.8 Å². The standard InChI is InChI=1S/C12H9N2.C5H5.2ClH.Zr/c1-2-4-11-8-12(7-10(11)3-1)14-6-5-13-9-14;1-2-4-5-3-1;;;/h1-9H;1-3H,4H2;2*1H;/q2*-1;;;+4/p-2. The molecule has 0 amide bonds. The van der Waals surface area contributed by atoms with Crippen LogP contribution in [0, 0.1) is 6.08 Å². The van der Waals surface area contributed by atoms with Crippen LogP contribution in [0.3, 0.4) is 0 Å². The number of halogens is 2. The molecule has 2 aromatic carbocycles. The first kappa shape index (κ1) is 17.3. The second-order valence-electron chi connectivity index (χ2n) is 4.39. The third-order valence-corrected chi connectivity index (χ3v) is 2.99. The van der Waals surface area contributed by atoms with Crippen molar-refractivity contribution in [3.05, 3.63) is 79.4 Å². The second kappa shape index (κ2) is 9.89. The van der Waals surface area contributed by atoms with E-state index in [1.807, 2.05) is 29.2 Å². The van der Waals surface area contributed by atoms with E-state index in [0.29, 0.717) is 0 Å². The average Bonchev–Trinajstić information content (AvgIpc) is 3.29. The SMILES string of the molecule is [C-]1=CC=CC1.[Cl][Zr+2][Cl].c1ccc2[cH-]c(-n3ccnc3)cc2c1. The van der Waals surface area contributed by atoms with Gasteiger partial charge in [0.1, 0.15) is 0 Å². The van der Waals surface area contributed by atoms with E-state index in [9.17, 15) is 0 Å². The smallest absolute Gasteiger partial charge is 0.0977 e. The minimum absolute atomic E-state index is 0.826. The summed E-state index contributed by atoms with van der Waals surface area (Å²) in [5.74, 6) is 0. The quantitative estimate of drug-likeness (QED) is 0.491. The van der Waals surface area contributed by atoms with Gasteiger partial charge in [0.25, 0.3) is 0 Å². The van der Waals surface area contributed by atoms with Gasteiger partial charge < -0.3 is 4.57 Å². The van der Waals surface area contributed by atoms with Crippen LogP contribution in [-0.4, -0.2) is 9.55 Å². The fourth-order valence-electron chi connectivity index (χ4n) is 2.04. The van der Waals surface area contributed by atoms with E-state index in [4.69, 9.17) is 17.0 Å². The van der Waals surface area contributed by atoms with E-state index in [1.165, 1.54) is 16.5 Å². The number of benzene rings is 1. The molecule has 2 nitrogen and oxygen atoms in total. The zero-order chi connectivity index (χ0) is 15.6. The predicted octanol–water partition coefficient (Wildman–Crippen LogP) is 5.43. The Balaban J connectivity index is 0.000000184. The number of hydrogen-bond donors (Lipinski definition) is 0. The Morgan fingerprint density at radius 2 is 2.09 bits per heavy atom. The largest absolute Gasteiger partial charge is 0.325 e. The Bertz CT molecular complexity index is 687. The molecule has 110 valence electrons. The van der Waals surface area contributed by atoms with Gasteiger partial charge in [0, 0.05) is 12.4 Å². The number of fused-ring (bicyclic) bond motifs is 1. The molecule has 0 bridgehead atoms. The van der Waals surface area contributed by atoms with Crippen LogP contribution < -0.4 is 0 Å². The molecule has 0 unspecified atom stereocenters. The summed E-state index contributed by atoms with van der Waals surface area (Å²) >= 11 is -0.826. The molecule has 1 aromatic heterocycles. The summed E-state index contributed by atoms with van der Waals surface area (Å²) in [6.45, 7) is 0. The van der Waals surface area contributed by atoms with Crippen molar-refractivity contribution in [1.82, 2.24) is 9.55 Å². The molecule has 0 atom stereocenters. The Kier molecular flexibility index (Phi) is 7.79. The summed E-state index contributed by atoms with van der Waals surface area (Å²) < 4.78 is 2.01. The van der Waals surface area contributed by atoms with Crippen LogP contribution >= 0.6 is 17.0 Å². The van der Waals surface area contributed by atoms with Crippen molar-refractivity contribution < 1.29 is 20.8 Å². The molecule has 0 saturated heterocycles. The first-order chi connectivity index (χ1) is 10.8. The number of hydrogen-bond acceptors (Lipinski definition) is 1. The minimum Gasteiger partial charge on any atom is -0.325 e. The number of imidazole rings is 1. The van der Waals surface area contributed by atoms with E-state index in [-0.39, 0.29) is 0 Å². The molecule has 0 radical (unpaired) electrons. The van der Waals surface area contributed by atoms with Crippen LogP contribution in [0.25, 0.3) is 16.5 Å². The number of rotatable bonds is 1. The molecule has 0 aliphatic heterocycles. The van der Waals surface area contributed by atoms with Crippen molar-refractivity contribution in [3.63, 3.8) is 0 Å². The first-order valence-corrected chi connectivity index (χ1v) is 13.0. The predicted molar refractivity (Wildman–Crippen MR) is 89.9 cm³/mol. The van der Waals surface area contributed by atoms with Gasteiger partial charge in [-0.25, -0.2) is 17.1 Å². The summed E-state index contributed by atoms with van der Waals surface area (Å²) in [5.41, 5.74) is 1.17. The van der Waals surface area contributed by atoms with E-state index < -0.39 is 20.8 Å². The number of nitrogens with zero attached hydrogens (tertiary/aromatic N) is 2. The molecular weight excluding hydrogens is 394 g/mol. The average molecular weight is 408 g/mol. The van der Waals surface area contributed by atoms with Crippen molar-refractivity contribution in [2.45, 2.75) is 6.42 Å². The van der Waals surface area contributed by atoms with Gasteiger partial charge in [-0.1, -0.05) is 6.07 Å². The molecule has 0 fully saturated rings. The summed E-state index contributed by atoms with van der Waals surface area (Å²) in [6, 6.07) is 12.7. The van der Waals surface area contributed by atoms with Crippen LogP contribution in [0.5, 0.6) is 0 Å². The van der Waals surface area contributed by atoms with Crippen LogP contribution in [-0.2, 0) is 20.8 Å². The van der Waals surface area contributed by atoms with Crippen molar-refractivity contribution in [3.8, 4) is 5.69 Å². The van der Waals surface area contributed by atoms with E-state index in [1.54, 1.807) is 6.20 Å². The van der Waals surface area contributed by atoms with E-state index in [0.717, 1.165) is 6.42 Å². The van der Waals surface area contributed by atoms with Crippen molar-refractivity contribution >= 4 is 27.8 Å². The maximum atomic E-state index is 4.93. The number of aromatic nitrogens is 2. The van der Waals surface area contributed by atoms with Crippen LogP contribution in [0.1, 0.15) is 6.42 Å². The van der Waals surface area contributed by atoms with Crippen LogP contribution in [0.4, 0.5) is 0 Å². The molecule has 5 heteroatoms. The van der Waals surface area contributed by atoms with Gasteiger partial charge in [0.2, 0.25) is 0 Å². The van der Waals surface area contributed by atoms with Gasteiger partial charge in [-0.15, -0.1) is 47.5 Å². The molecule has 1 aliphatic carbocycles. The molecule has 1 heterocycles. The van der Waals surface area contributed by atoms with Crippen molar-refractivity contribution in [2.75, 3.05) is 0 Å². The molecule has 22 heavy (non-hydrogen) atoms. The minimum atomic E-state index is -0.826. The van der Waals surface area contributed by atoms with Crippen LogP contribution in [0.15, 0.2) is 73.3 Å². The zero-order valence-corrected chi connectivity index (χ0v) is 15.8. The Labute approximate surface area is 149 Å². The maximum absolute atomic E-state index is 4.93. The Hall–Kier alpha value is -1.02. The maximum Gasteiger partial charge on any atom is 0.0977 e. The summed E-state index contributed by atoms with van der Waals surface area (Å²) in [4.78, 5) is 4.03. The molecule has 1 aliphatic rings. The van der Waals surface area contributed by atoms with Gasteiger partial charge in [0.05, 0.1) is 6.33 Å². The third-order valence-electron chi connectivity index (χ3n) is 2.99. The Morgan fingerprint density at radius 1 is 1.27 bits per heavy atom. The normalized spacial score (nSPS) is 11.4. The molecule has 3 aromatic rings. The van der Waals surface area contributed by atoms with E-state index in [2.05, 4.69) is 53.5 Å². The summed E-state index contributed by atoms with van der Waals surface area (Å²) in [7, 11) is 9.87. The fraction of sp³-hybridized carbons (Fsp3) is 0.0588. The first-order valence-electron chi connectivity index (χ1n) is 6.67. The molecule has 0 N–H and O–H groups in total. The monoisotopic (exact) mass is 406 g/mol. The molecule has 0 saturated carbocycles. The molecule has 0 spiro atoms. The molecular formula is C17H14Cl2N2Zr. The van der Waals surface area contributed by atoms with Crippen LogP contribution in [0.2, 0.25) is 0 Å². The van der Waals surface area contributed by atoms with E-state index >= 15 is 0 Å². The third kappa shape index (κ3) is 5.32. The van der Waals surface area contributed by atoms with Gasteiger partial charge in [0.15, 0.2) is 0 Å². The van der Waals surface area contributed by atoms with Gasteiger partial charge in [-0.2, -0.15) is 6.08 Å². The van der Waals surface area contributed by atoms with Gasteiger partial charge >= 0.3 is 37.9 Å². The summed E-state index contributed by atoms with van der Waals surface area (Å²) in [6.07, 6.45) is 15.6. The van der Waals surface area contributed by atoms with Crippen molar-refractivity contribution in [2.24, 2.45) is 0 Å². The Morgan fingerprint density at radius 3 is 2.64 bits per heavy atom. The summed E-state index contributed by atoms with van der Waals surface area (Å²) in [5, 5.41) is 2.55. The zero-order valence-electron chi connectivity index (χ0n) is 11.8. The van der Waals surface area contributed by atoms with Crippen molar-refractivity contribution in [1.29, 1.82) is 0 Å². The second-order valence-corrected chi connectivity index (χ2v) is 8.12. The number of allylic oxidation sites excluding steroid dienone is 4. The molecule has 4 rings (SSSR count). The van der Waals surface area contributed by atoms with Gasteiger partial charge in [-0.3, -0.25) is 6.08 Å². The van der Waals surface area contributed by atoms with Gasteiger partial charge in [-0.05, 0) is 5.69 Å². The fourth-order valence-corrected chi connectivity index (χ4v) is 2.04.